The van der Waals surface area contributed by atoms with Crippen LogP contribution in [0.4, 0.5) is 5.69 Å². The number of benzene rings is 1. The van der Waals surface area contributed by atoms with Gasteiger partial charge in [0.1, 0.15) is 0 Å². The minimum absolute atomic E-state index is 0.271. The quantitative estimate of drug-likeness (QED) is 0.882. The van der Waals surface area contributed by atoms with Crippen molar-refractivity contribution in [2.45, 2.75) is 20.8 Å². The summed E-state index contributed by atoms with van der Waals surface area (Å²) in [5.41, 5.74) is 2.48. The standard InChI is InChI=1S/C17H26ClN3O/c1-4-20(5-2)17(22)13-19-8-10-21(11-9-19)16-12-15(18)7-6-14(16)3/h6-7,12H,4-5,8-11,13H2,1-3H3/p+1. The zero-order valence-electron chi connectivity index (χ0n) is 13.9. The lowest BCUT2D eigenvalue weighted by molar-refractivity contribution is -0.892. The summed E-state index contributed by atoms with van der Waals surface area (Å²) in [5, 5.41) is 0.784. The molecule has 5 heteroatoms. The maximum Gasteiger partial charge on any atom is 0.277 e. The van der Waals surface area contributed by atoms with Crippen LogP contribution in [0.1, 0.15) is 19.4 Å². The van der Waals surface area contributed by atoms with Gasteiger partial charge in [0, 0.05) is 23.8 Å². The van der Waals surface area contributed by atoms with E-state index < -0.39 is 0 Å². The van der Waals surface area contributed by atoms with Crippen molar-refractivity contribution in [2.24, 2.45) is 0 Å². The number of aryl methyl sites for hydroxylation is 1. The Kier molecular flexibility index (Phi) is 6.09. The molecular weight excluding hydrogens is 298 g/mol. The van der Waals surface area contributed by atoms with Crippen LogP contribution >= 0.6 is 11.6 Å². The Hall–Kier alpha value is -1.26. The zero-order chi connectivity index (χ0) is 16.1. The highest BCUT2D eigenvalue weighted by Gasteiger charge is 2.24. The van der Waals surface area contributed by atoms with Crippen molar-refractivity contribution in [3.8, 4) is 0 Å². The van der Waals surface area contributed by atoms with Gasteiger partial charge in [-0.2, -0.15) is 0 Å². The molecule has 2 rings (SSSR count). The van der Waals surface area contributed by atoms with Crippen LogP contribution in [0.25, 0.3) is 0 Å². The molecule has 22 heavy (non-hydrogen) atoms. The predicted octanol–water partition coefficient (Wildman–Crippen LogP) is 1.22. The third kappa shape index (κ3) is 4.14. The number of piperazine rings is 1. The second-order valence-electron chi connectivity index (χ2n) is 5.91. The lowest BCUT2D eigenvalue weighted by Crippen LogP contribution is -3.15. The van der Waals surface area contributed by atoms with E-state index in [9.17, 15) is 4.79 Å². The Morgan fingerprint density at radius 3 is 2.50 bits per heavy atom. The SMILES string of the molecule is CCN(CC)C(=O)C[NH+]1CCN(c2cc(Cl)ccc2C)CC1. The molecule has 0 spiro atoms. The van der Waals surface area contributed by atoms with Crippen LogP contribution in [0.3, 0.4) is 0 Å². The molecule has 4 nitrogen and oxygen atoms in total. The number of anilines is 1. The van der Waals surface area contributed by atoms with E-state index >= 15 is 0 Å². The number of nitrogens with zero attached hydrogens (tertiary/aromatic N) is 2. The summed E-state index contributed by atoms with van der Waals surface area (Å²) in [4.78, 5) is 17.9. The number of amides is 1. The molecule has 1 fully saturated rings. The molecule has 1 saturated heterocycles. The van der Waals surface area contributed by atoms with Crippen LogP contribution in [-0.2, 0) is 4.79 Å². The van der Waals surface area contributed by atoms with E-state index in [1.54, 1.807) is 0 Å². The third-order valence-corrected chi connectivity index (χ3v) is 4.73. The molecule has 0 saturated carbocycles. The molecule has 0 radical (unpaired) electrons. The number of hydrogen-bond donors (Lipinski definition) is 1. The van der Waals surface area contributed by atoms with E-state index in [1.807, 2.05) is 30.9 Å². The molecule has 1 N–H and O–H groups in total. The highest BCUT2D eigenvalue weighted by molar-refractivity contribution is 6.30. The van der Waals surface area contributed by atoms with E-state index in [0.717, 1.165) is 44.3 Å². The lowest BCUT2D eigenvalue weighted by atomic mass is 10.1. The van der Waals surface area contributed by atoms with Gasteiger partial charge in [0.25, 0.3) is 5.91 Å². The topological polar surface area (TPSA) is 28.0 Å². The van der Waals surface area contributed by atoms with Gasteiger partial charge in [0.15, 0.2) is 6.54 Å². The minimum atomic E-state index is 0.271. The smallest absolute Gasteiger partial charge is 0.277 e. The number of nitrogens with one attached hydrogen (secondary N) is 1. The van der Waals surface area contributed by atoms with Crippen molar-refractivity contribution in [1.29, 1.82) is 0 Å². The van der Waals surface area contributed by atoms with Crippen LogP contribution in [0.5, 0.6) is 0 Å². The molecule has 1 aromatic carbocycles. The van der Waals surface area contributed by atoms with Crippen molar-refractivity contribution in [1.82, 2.24) is 4.90 Å². The Morgan fingerprint density at radius 1 is 1.27 bits per heavy atom. The normalized spacial score (nSPS) is 15.9. The molecule has 0 bridgehead atoms. The van der Waals surface area contributed by atoms with Crippen molar-refractivity contribution in [2.75, 3.05) is 50.7 Å². The molecule has 1 aliphatic rings. The van der Waals surface area contributed by atoms with Gasteiger partial charge < -0.3 is 14.7 Å². The Morgan fingerprint density at radius 2 is 1.91 bits per heavy atom. The van der Waals surface area contributed by atoms with E-state index in [0.29, 0.717) is 6.54 Å². The largest absolute Gasteiger partial charge is 0.360 e. The molecule has 0 aliphatic carbocycles. The van der Waals surface area contributed by atoms with E-state index in [2.05, 4.69) is 17.9 Å². The van der Waals surface area contributed by atoms with Gasteiger partial charge in [-0.1, -0.05) is 17.7 Å². The zero-order valence-corrected chi connectivity index (χ0v) is 14.6. The molecule has 1 aliphatic heterocycles. The summed E-state index contributed by atoms with van der Waals surface area (Å²) in [6.07, 6.45) is 0. The summed E-state index contributed by atoms with van der Waals surface area (Å²) in [6.45, 7) is 12.4. The van der Waals surface area contributed by atoms with Gasteiger partial charge in [-0.25, -0.2) is 0 Å². The van der Waals surface area contributed by atoms with Crippen LogP contribution in [-0.4, -0.2) is 56.6 Å². The highest BCUT2D eigenvalue weighted by Crippen LogP contribution is 2.24. The van der Waals surface area contributed by atoms with Crippen LogP contribution in [0.15, 0.2) is 18.2 Å². The minimum Gasteiger partial charge on any atom is -0.360 e. The van der Waals surface area contributed by atoms with Gasteiger partial charge in [-0.15, -0.1) is 0 Å². The molecule has 0 unspecified atom stereocenters. The number of halogens is 1. The number of likely N-dealkylation sites (N-methyl/N-ethyl adjacent to an activating group) is 1. The number of quaternary nitrogens is 1. The predicted molar refractivity (Wildman–Crippen MR) is 91.9 cm³/mol. The average molecular weight is 325 g/mol. The monoisotopic (exact) mass is 324 g/mol. The second kappa shape index (κ2) is 7.84. The third-order valence-electron chi connectivity index (χ3n) is 4.50. The number of carbonyl (C=O) groups is 1. The summed E-state index contributed by atoms with van der Waals surface area (Å²) in [7, 11) is 0. The first kappa shape index (κ1) is 17.1. The Labute approximate surface area is 138 Å². The number of hydrogen-bond acceptors (Lipinski definition) is 2. The first-order chi connectivity index (χ1) is 10.5. The fraction of sp³-hybridized carbons (Fsp3) is 0.588. The van der Waals surface area contributed by atoms with E-state index in [4.69, 9.17) is 11.6 Å². The van der Waals surface area contributed by atoms with Crippen molar-refractivity contribution in [3.63, 3.8) is 0 Å². The van der Waals surface area contributed by atoms with Crippen molar-refractivity contribution < 1.29 is 9.69 Å². The van der Waals surface area contributed by atoms with E-state index in [-0.39, 0.29) is 5.91 Å². The van der Waals surface area contributed by atoms with Crippen molar-refractivity contribution in [3.05, 3.63) is 28.8 Å². The molecule has 0 aromatic heterocycles. The van der Waals surface area contributed by atoms with Gasteiger partial charge in [0.2, 0.25) is 0 Å². The molecule has 1 amide bonds. The first-order valence-electron chi connectivity index (χ1n) is 8.17. The van der Waals surface area contributed by atoms with E-state index in [1.165, 1.54) is 16.2 Å². The fourth-order valence-electron chi connectivity index (χ4n) is 3.07. The molecule has 1 heterocycles. The number of carbonyl (C=O) groups excluding carboxylic acids is 1. The Balaban J connectivity index is 1.90. The number of rotatable bonds is 5. The summed E-state index contributed by atoms with van der Waals surface area (Å²) >= 11 is 6.12. The maximum absolute atomic E-state index is 12.2. The van der Waals surface area contributed by atoms with Gasteiger partial charge in [-0.3, -0.25) is 4.79 Å². The van der Waals surface area contributed by atoms with Gasteiger partial charge in [-0.05, 0) is 38.5 Å². The molecule has 0 atom stereocenters. The lowest BCUT2D eigenvalue weighted by Gasteiger charge is -2.35. The van der Waals surface area contributed by atoms with Crippen LogP contribution in [0, 0.1) is 6.92 Å². The average Bonchev–Trinajstić information content (AvgIpc) is 2.52. The second-order valence-corrected chi connectivity index (χ2v) is 6.35. The summed E-state index contributed by atoms with van der Waals surface area (Å²) in [5.74, 6) is 0.271. The molecular formula is C17H27ClN3O+. The summed E-state index contributed by atoms with van der Waals surface area (Å²) in [6, 6.07) is 6.05. The summed E-state index contributed by atoms with van der Waals surface area (Å²) < 4.78 is 0. The van der Waals surface area contributed by atoms with Gasteiger partial charge >= 0.3 is 0 Å². The maximum atomic E-state index is 12.2. The first-order valence-corrected chi connectivity index (χ1v) is 8.55. The molecule has 1 aromatic rings. The van der Waals surface area contributed by atoms with Crippen molar-refractivity contribution >= 4 is 23.2 Å². The van der Waals surface area contributed by atoms with Crippen LogP contribution in [0.2, 0.25) is 5.02 Å². The van der Waals surface area contributed by atoms with Crippen LogP contribution < -0.4 is 9.80 Å². The molecule has 122 valence electrons. The fourth-order valence-corrected chi connectivity index (χ4v) is 3.23. The van der Waals surface area contributed by atoms with Gasteiger partial charge in [0.05, 0.1) is 26.2 Å². The Bertz CT molecular complexity index is 509. The highest BCUT2D eigenvalue weighted by atomic mass is 35.5.